The van der Waals surface area contributed by atoms with Gasteiger partial charge in [-0.15, -0.1) is 0 Å². The summed E-state index contributed by atoms with van der Waals surface area (Å²) in [4.78, 5) is 54.5. The van der Waals surface area contributed by atoms with E-state index in [0.29, 0.717) is 0 Å². The number of Topliss-reactive ketones (excluding diaryl/α,β-unsaturated/α-hetero) is 4. The van der Waals surface area contributed by atoms with Gasteiger partial charge in [-0.2, -0.15) is 0 Å². The third kappa shape index (κ3) is 2.27. The summed E-state index contributed by atoms with van der Waals surface area (Å²) in [6, 6.07) is 16.6. The SMILES string of the molecule is COc1cc(C2(C3C(=O)c4ccccc4C3=O)C(=O)c3ccccc3C2=O)ccc1O. The second kappa shape index (κ2) is 6.47. The summed E-state index contributed by atoms with van der Waals surface area (Å²) in [6.45, 7) is 0. The average Bonchev–Trinajstić information content (AvgIpc) is 3.18. The molecule has 0 spiro atoms. The van der Waals surface area contributed by atoms with Gasteiger partial charge in [0.15, 0.2) is 34.6 Å². The zero-order valence-corrected chi connectivity index (χ0v) is 16.4. The van der Waals surface area contributed by atoms with Crippen LogP contribution in [0.3, 0.4) is 0 Å². The predicted octanol–water partition coefficient (Wildman–Crippen LogP) is 3.41. The maximum atomic E-state index is 13.8. The number of hydrogen-bond acceptors (Lipinski definition) is 6. The number of ether oxygens (including phenoxy) is 1. The summed E-state index contributed by atoms with van der Waals surface area (Å²) < 4.78 is 5.17. The molecule has 0 atom stereocenters. The van der Waals surface area contributed by atoms with E-state index in [2.05, 4.69) is 0 Å². The van der Waals surface area contributed by atoms with Gasteiger partial charge in [0.25, 0.3) is 0 Å². The van der Waals surface area contributed by atoms with E-state index in [-0.39, 0.29) is 39.3 Å². The first kappa shape index (κ1) is 18.9. The molecular formula is C25H16O6. The highest BCUT2D eigenvalue weighted by molar-refractivity contribution is 6.40. The van der Waals surface area contributed by atoms with Crippen molar-refractivity contribution in [2.45, 2.75) is 5.41 Å². The van der Waals surface area contributed by atoms with Crippen molar-refractivity contribution in [3.05, 3.63) is 94.5 Å². The van der Waals surface area contributed by atoms with Crippen LogP contribution in [0.25, 0.3) is 0 Å². The highest BCUT2D eigenvalue weighted by atomic mass is 16.5. The number of carbonyl (C=O) groups is 4. The quantitative estimate of drug-likeness (QED) is 0.662. The van der Waals surface area contributed by atoms with Crippen LogP contribution in [0.1, 0.15) is 47.0 Å². The van der Waals surface area contributed by atoms with E-state index in [1.165, 1.54) is 49.6 Å². The number of rotatable bonds is 3. The molecule has 0 saturated carbocycles. The van der Waals surface area contributed by atoms with Crippen molar-refractivity contribution in [2.24, 2.45) is 5.92 Å². The molecule has 5 rings (SSSR count). The lowest BCUT2D eigenvalue weighted by molar-refractivity contribution is 0.0612. The Labute approximate surface area is 177 Å². The van der Waals surface area contributed by atoms with Gasteiger partial charge >= 0.3 is 0 Å². The molecule has 0 unspecified atom stereocenters. The van der Waals surface area contributed by atoms with Crippen LogP contribution in [0.2, 0.25) is 0 Å². The molecule has 31 heavy (non-hydrogen) atoms. The molecule has 3 aromatic carbocycles. The van der Waals surface area contributed by atoms with E-state index in [4.69, 9.17) is 4.74 Å². The summed E-state index contributed by atoms with van der Waals surface area (Å²) in [5.74, 6) is -4.05. The van der Waals surface area contributed by atoms with Crippen LogP contribution in [0.4, 0.5) is 0 Å². The van der Waals surface area contributed by atoms with Crippen molar-refractivity contribution < 1.29 is 29.0 Å². The lowest BCUT2D eigenvalue weighted by Gasteiger charge is -2.31. The number of hydrogen-bond donors (Lipinski definition) is 1. The summed E-state index contributed by atoms with van der Waals surface area (Å²) in [6.07, 6.45) is 0. The Hall–Kier alpha value is -4.06. The minimum absolute atomic E-state index is 0.0313. The summed E-state index contributed by atoms with van der Waals surface area (Å²) in [5, 5.41) is 10.0. The molecule has 1 N–H and O–H groups in total. The number of benzene rings is 3. The van der Waals surface area contributed by atoms with Crippen LogP contribution in [0.5, 0.6) is 11.5 Å². The highest BCUT2D eigenvalue weighted by Gasteiger charge is 2.65. The maximum Gasteiger partial charge on any atom is 0.183 e. The molecule has 0 bridgehead atoms. The summed E-state index contributed by atoms with van der Waals surface area (Å²) in [7, 11) is 1.33. The van der Waals surface area contributed by atoms with Crippen molar-refractivity contribution in [3.63, 3.8) is 0 Å². The fourth-order valence-electron chi connectivity index (χ4n) is 4.76. The lowest BCUT2D eigenvalue weighted by atomic mass is 9.64. The van der Waals surface area contributed by atoms with Crippen LogP contribution < -0.4 is 4.74 Å². The maximum absolute atomic E-state index is 13.8. The lowest BCUT2D eigenvalue weighted by Crippen LogP contribution is -2.50. The van der Waals surface area contributed by atoms with E-state index < -0.39 is 34.5 Å². The molecule has 3 aromatic rings. The number of aromatic hydroxyl groups is 1. The molecule has 6 nitrogen and oxygen atoms in total. The number of phenolic OH excluding ortho intramolecular Hbond substituents is 1. The van der Waals surface area contributed by atoms with Crippen LogP contribution >= 0.6 is 0 Å². The standard InChI is InChI=1S/C25H16O6/c1-31-19-12-13(10-11-18(19)26)25(23(29)16-8-4-5-9-17(16)24(25)30)20-21(27)14-6-2-3-7-15(14)22(20)28/h2-12,20,26H,1H3. The van der Waals surface area contributed by atoms with Gasteiger partial charge in [0.2, 0.25) is 0 Å². The molecule has 6 heteroatoms. The molecule has 0 heterocycles. The molecule has 0 aromatic heterocycles. The Morgan fingerprint density at radius 3 is 1.71 bits per heavy atom. The Kier molecular flexibility index (Phi) is 3.95. The Morgan fingerprint density at radius 1 is 0.742 bits per heavy atom. The first-order valence-electron chi connectivity index (χ1n) is 9.66. The Morgan fingerprint density at radius 2 is 1.23 bits per heavy atom. The molecule has 0 radical (unpaired) electrons. The van der Waals surface area contributed by atoms with Gasteiger partial charge in [-0.05, 0) is 17.7 Å². The van der Waals surface area contributed by atoms with Crippen LogP contribution in [-0.4, -0.2) is 35.3 Å². The van der Waals surface area contributed by atoms with Gasteiger partial charge in [0, 0.05) is 22.3 Å². The number of carbonyl (C=O) groups excluding carboxylic acids is 4. The molecule has 2 aliphatic carbocycles. The van der Waals surface area contributed by atoms with Crippen LogP contribution in [0.15, 0.2) is 66.7 Å². The van der Waals surface area contributed by atoms with Gasteiger partial charge in [0.05, 0.1) is 7.11 Å². The van der Waals surface area contributed by atoms with Gasteiger partial charge < -0.3 is 9.84 Å². The molecule has 2 aliphatic rings. The minimum Gasteiger partial charge on any atom is -0.504 e. The molecular weight excluding hydrogens is 396 g/mol. The van der Waals surface area contributed by atoms with Crippen molar-refractivity contribution in [1.29, 1.82) is 0 Å². The number of methoxy groups -OCH3 is 1. The van der Waals surface area contributed by atoms with E-state index >= 15 is 0 Å². The zero-order chi connectivity index (χ0) is 21.9. The molecule has 0 amide bonds. The molecule has 0 saturated heterocycles. The van der Waals surface area contributed by atoms with Gasteiger partial charge in [-0.3, -0.25) is 19.2 Å². The minimum atomic E-state index is -2.07. The van der Waals surface area contributed by atoms with E-state index in [1.54, 1.807) is 24.3 Å². The predicted molar refractivity (Wildman–Crippen MR) is 110 cm³/mol. The Balaban J connectivity index is 1.83. The second-order valence-corrected chi connectivity index (χ2v) is 7.61. The van der Waals surface area contributed by atoms with Gasteiger partial charge in [-0.1, -0.05) is 54.6 Å². The van der Waals surface area contributed by atoms with Crippen LogP contribution in [-0.2, 0) is 5.41 Å². The Bertz CT molecular complexity index is 1250. The van der Waals surface area contributed by atoms with E-state index in [0.717, 1.165) is 0 Å². The van der Waals surface area contributed by atoms with Gasteiger partial charge in [-0.25, -0.2) is 0 Å². The third-order valence-electron chi connectivity index (χ3n) is 6.18. The molecule has 152 valence electrons. The fraction of sp³-hybridized carbons (Fsp3) is 0.120. The fourth-order valence-corrected chi connectivity index (χ4v) is 4.76. The van der Waals surface area contributed by atoms with E-state index in [9.17, 15) is 24.3 Å². The van der Waals surface area contributed by atoms with Gasteiger partial charge in [0.1, 0.15) is 11.3 Å². The first-order chi connectivity index (χ1) is 14.9. The monoisotopic (exact) mass is 412 g/mol. The smallest absolute Gasteiger partial charge is 0.183 e. The molecule has 0 aliphatic heterocycles. The van der Waals surface area contributed by atoms with Crippen molar-refractivity contribution in [3.8, 4) is 11.5 Å². The van der Waals surface area contributed by atoms with Crippen LogP contribution in [0, 0.1) is 5.92 Å². The number of ketones is 4. The normalized spacial score (nSPS) is 17.1. The zero-order valence-electron chi connectivity index (χ0n) is 16.4. The average molecular weight is 412 g/mol. The third-order valence-corrected chi connectivity index (χ3v) is 6.18. The second-order valence-electron chi connectivity index (χ2n) is 7.61. The van der Waals surface area contributed by atoms with Crippen molar-refractivity contribution in [1.82, 2.24) is 0 Å². The topological polar surface area (TPSA) is 97.7 Å². The van der Waals surface area contributed by atoms with Crippen molar-refractivity contribution in [2.75, 3.05) is 7.11 Å². The largest absolute Gasteiger partial charge is 0.504 e. The number of phenols is 1. The summed E-state index contributed by atoms with van der Waals surface area (Å²) in [5.41, 5.74) is -1.23. The first-order valence-corrected chi connectivity index (χ1v) is 9.66. The highest BCUT2D eigenvalue weighted by Crippen LogP contribution is 2.50. The number of fused-ring (bicyclic) bond motifs is 2. The van der Waals surface area contributed by atoms with E-state index in [1.807, 2.05) is 0 Å². The summed E-state index contributed by atoms with van der Waals surface area (Å²) >= 11 is 0. The molecule has 0 fully saturated rings. The van der Waals surface area contributed by atoms with Crippen molar-refractivity contribution >= 4 is 23.1 Å².